The van der Waals surface area contributed by atoms with Crippen LogP contribution in [0.25, 0.3) is 0 Å². The van der Waals surface area contributed by atoms with Crippen LogP contribution >= 0.6 is 0 Å². The molecular weight excluding hydrogens is 324 g/mol. The molecule has 0 heteroatoms. The van der Waals surface area contributed by atoms with E-state index in [0.29, 0.717) is 0 Å². The highest BCUT2D eigenvalue weighted by molar-refractivity contribution is 5.00. The van der Waals surface area contributed by atoms with Crippen LogP contribution in [-0.4, -0.2) is 0 Å². The van der Waals surface area contributed by atoms with Crippen molar-refractivity contribution < 1.29 is 0 Å². The summed E-state index contributed by atoms with van der Waals surface area (Å²) in [6.07, 6.45) is 16.0. The lowest BCUT2D eigenvalue weighted by atomic mass is 9.71. The molecule has 0 aliphatic heterocycles. The van der Waals surface area contributed by atoms with Crippen LogP contribution in [0.4, 0.5) is 0 Å². The lowest BCUT2D eigenvalue weighted by Gasteiger charge is -2.35. The maximum absolute atomic E-state index is 2.57. The summed E-state index contributed by atoms with van der Waals surface area (Å²) in [6.45, 7) is 21.8. The Morgan fingerprint density at radius 3 is 1.81 bits per heavy atom. The molecule has 0 aromatic heterocycles. The second kappa shape index (κ2) is 15.6. The first-order valence-electron chi connectivity index (χ1n) is 12.5. The summed E-state index contributed by atoms with van der Waals surface area (Å²) in [4.78, 5) is 0. The van der Waals surface area contributed by atoms with Gasteiger partial charge in [-0.3, -0.25) is 0 Å². The zero-order chi connectivity index (χ0) is 20.8. The molecule has 0 aromatic rings. The summed E-state index contributed by atoms with van der Waals surface area (Å²) in [5.41, 5.74) is 1.68. The van der Waals surface area contributed by atoms with Crippen LogP contribution in [-0.2, 0) is 0 Å². The molecule has 0 aliphatic carbocycles. The Hall–Kier alpha value is -0.260. The molecule has 0 amide bonds. The first-order chi connectivity index (χ1) is 12.8. The van der Waals surface area contributed by atoms with Crippen molar-refractivity contribution in [2.75, 3.05) is 0 Å². The zero-order valence-electron chi connectivity index (χ0n) is 20.6. The van der Waals surface area contributed by atoms with Gasteiger partial charge in [-0.15, -0.1) is 0 Å². The summed E-state index contributed by atoms with van der Waals surface area (Å²) in [5.74, 6) is 5.24. The number of hydrogen-bond donors (Lipinski definition) is 0. The Balaban J connectivity index is 4.99. The van der Waals surface area contributed by atoms with E-state index in [-0.39, 0.29) is 0 Å². The highest BCUT2D eigenvalue weighted by Gasteiger charge is 2.27. The van der Waals surface area contributed by atoms with Gasteiger partial charge < -0.3 is 0 Å². The Morgan fingerprint density at radius 1 is 0.704 bits per heavy atom. The summed E-state index contributed by atoms with van der Waals surface area (Å²) in [6, 6.07) is 0. The van der Waals surface area contributed by atoms with E-state index in [2.05, 4.69) is 68.4 Å². The van der Waals surface area contributed by atoms with Crippen LogP contribution in [0.1, 0.15) is 127 Å². The smallest absolute Gasteiger partial charge is 0.0318 e. The van der Waals surface area contributed by atoms with Gasteiger partial charge >= 0.3 is 0 Å². The van der Waals surface area contributed by atoms with Gasteiger partial charge in [-0.1, -0.05) is 99.6 Å². The maximum atomic E-state index is 2.57. The zero-order valence-corrected chi connectivity index (χ0v) is 20.6. The Morgan fingerprint density at radius 2 is 1.33 bits per heavy atom. The van der Waals surface area contributed by atoms with E-state index in [0.717, 1.165) is 35.5 Å². The lowest BCUT2D eigenvalue weighted by molar-refractivity contribution is 0.158. The highest BCUT2D eigenvalue weighted by Crippen LogP contribution is 2.38. The second-order valence-electron chi connectivity index (χ2n) is 9.94. The number of allylic oxidation sites excluding steroid dienone is 2. The average Bonchev–Trinajstić information content (AvgIpc) is 2.62. The highest BCUT2D eigenvalue weighted by atomic mass is 14.3. The van der Waals surface area contributed by atoms with Crippen molar-refractivity contribution in [2.24, 2.45) is 35.5 Å². The molecular formula is C27H54. The van der Waals surface area contributed by atoms with E-state index in [4.69, 9.17) is 0 Å². The standard InChI is InChI=1S/C27H54/c1-10-14-23(8)27(19-21(5)6)20-26(16-12-3)24(9)22(7)17-18-25(13-4)15-11-2/h15,21-24,26-27H,10-14,16-20H2,1-9H3. The summed E-state index contributed by atoms with van der Waals surface area (Å²) >= 11 is 0. The van der Waals surface area contributed by atoms with Crippen LogP contribution < -0.4 is 0 Å². The van der Waals surface area contributed by atoms with Gasteiger partial charge in [0, 0.05) is 0 Å². The molecule has 0 aromatic carbocycles. The maximum Gasteiger partial charge on any atom is -0.0318 e. The molecule has 0 saturated heterocycles. The molecule has 5 unspecified atom stereocenters. The molecule has 162 valence electrons. The van der Waals surface area contributed by atoms with Crippen LogP contribution in [0.5, 0.6) is 0 Å². The molecule has 5 atom stereocenters. The molecule has 0 spiro atoms. The largest absolute Gasteiger partial charge is 0.0856 e. The van der Waals surface area contributed by atoms with E-state index >= 15 is 0 Å². The van der Waals surface area contributed by atoms with E-state index in [1.807, 2.05) is 0 Å². The molecule has 0 N–H and O–H groups in total. The average molecular weight is 379 g/mol. The minimum absolute atomic E-state index is 0.829. The van der Waals surface area contributed by atoms with Crippen LogP contribution in [0, 0.1) is 35.5 Å². The van der Waals surface area contributed by atoms with Gasteiger partial charge in [0.2, 0.25) is 0 Å². The summed E-state index contributed by atoms with van der Waals surface area (Å²) in [7, 11) is 0. The SMILES string of the molecule is CCC=C(CC)CCC(C)C(C)C(CCC)CC(CC(C)C)C(C)CCC. The molecule has 0 rings (SSSR count). The van der Waals surface area contributed by atoms with Gasteiger partial charge in [0.1, 0.15) is 0 Å². The Bertz CT molecular complexity index is 364. The molecule has 27 heavy (non-hydrogen) atoms. The third kappa shape index (κ3) is 11.4. The van der Waals surface area contributed by atoms with Gasteiger partial charge in [0.25, 0.3) is 0 Å². The van der Waals surface area contributed by atoms with Crippen molar-refractivity contribution in [3.8, 4) is 0 Å². The third-order valence-electron chi connectivity index (χ3n) is 7.10. The molecule has 0 radical (unpaired) electrons. The van der Waals surface area contributed by atoms with Crippen molar-refractivity contribution in [3.63, 3.8) is 0 Å². The topological polar surface area (TPSA) is 0 Å². The summed E-state index contributed by atoms with van der Waals surface area (Å²) in [5, 5.41) is 0. The monoisotopic (exact) mass is 378 g/mol. The molecule has 0 heterocycles. The number of hydrogen-bond acceptors (Lipinski definition) is 0. The van der Waals surface area contributed by atoms with Gasteiger partial charge in [-0.25, -0.2) is 0 Å². The van der Waals surface area contributed by atoms with Crippen LogP contribution in [0.3, 0.4) is 0 Å². The first kappa shape index (κ1) is 26.7. The van der Waals surface area contributed by atoms with Gasteiger partial charge in [0.15, 0.2) is 0 Å². The fraction of sp³-hybridized carbons (Fsp3) is 0.926. The van der Waals surface area contributed by atoms with Crippen molar-refractivity contribution in [3.05, 3.63) is 11.6 Å². The van der Waals surface area contributed by atoms with E-state index < -0.39 is 0 Å². The normalized spacial score (nSPS) is 18.4. The van der Waals surface area contributed by atoms with Crippen molar-refractivity contribution in [1.82, 2.24) is 0 Å². The predicted molar refractivity (Wildman–Crippen MR) is 126 cm³/mol. The van der Waals surface area contributed by atoms with E-state index in [1.54, 1.807) is 5.57 Å². The van der Waals surface area contributed by atoms with Gasteiger partial charge in [-0.2, -0.15) is 0 Å². The van der Waals surface area contributed by atoms with Crippen LogP contribution in [0.15, 0.2) is 11.6 Å². The molecule has 0 fully saturated rings. The Kier molecular flexibility index (Phi) is 15.5. The quantitative estimate of drug-likeness (QED) is 0.234. The second-order valence-corrected chi connectivity index (χ2v) is 9.94. The van der Waals surface area contributed by atoms with E-state index in [9.17, 15) is 0 Å². The van der Waals surface area contributed by atoms with Gasteiger partial charge in [0.05, 0.1) is 0 Å². The fourth-order valence-electron chi connectivity index (χ4n) is 5.06. The van der Waals surface area contributed by atoms with Crippen molar-refractivity contribution in [2.45, 2.75) is 127 Å². The van der Waals surface area contributed by atoms with Gasteiger partial charge in [-0.05, 0) is 74.0 Å². The lowest BCUT2D eigenvalue weighted by Crippen LogP contribution is -2.25. The molecule has 0 bridgehead atoms. The van der Waals surface area contributed by atoms with Crippen molar-refractivity contribution in [1.29, 1.82) is 0 Å². The summed E-state index contributed by atoms with van der Waals surface area (Å²) < 4.78 is 0. The van der Waals surface area contributed by atoms with E-state index in [1.165, 1.54) is 64.2 Å². The molecule has 0 aliphatic rings. The van der Waals surface area contributed by atoms with Crippen molar-refractivity contribution >= 4 is 0 Å². The molecule has 0 nitrogen and oxygen atoms in total. The molecule has 0 saturated carbocycles. The minimum Gasteiger partial charge on any atom is -0.0856 e. The third-order valence-corrected chi connectivity index (χ3v) is 7.10. The van der Waals surface area contributed by atoms with Crippen LogP contribution in [0.2, 0.25) is 0 Å². The first-order valence-corrected chi connectivity index (χ1v) is 12.5. The fourth-order valence-corrected chi connectivity index (χ4v) is 5.06. The number of rotatable bonds is 16. The predicted octanol–water partition coefficient (Wildman–Crippen LogP) is 9.69. The Labute approximate surface area is 174 Å². The minimum atomic E-state index is 0.829.